The lowest BCUT2D eigenvalue weighted by molar-refractivity contribution is -0.314. The third kappa shape index (κ3) is 2.37. The number of ether oxygens (including phenoxy) is 1. The van der Waals surface area contributed by atoms with Crippen molar-refractivity contribution in [1.29, 1.82) is 0 Å². The quantitative estimate of drug-likeness (QED) is 0.481. The normalized spacial score (nSPS) is 30.6. The molecular formula is C11H15O4-. The highest BCUT2D eigenvalue weighted by Gasteiger charge is 2.36. The summed E-state index contributed by atoms with van der Waals surface area (Å²) in [7, 11) is 1.27. The molecule has 0 aliphatic heterocycles. The van der Waals surface area contributed by atoms with Crippen LogP contribution in [0.3, 0.4) is 0 Å². The molecule has 0 saturated heterocycles. The summed E-state index contributed by atoms with van der Waals surface area (Å²) < 4.78 is 4.61. The molecule has 0 fully saturated rings. The number of esters is 1. The van der Waals surface area contributed by atoms with Gasteiger partial charge in [-0.25, -0.2) is 0 Å². The summed E-state index contributed by atoms with van der Waals surface area (Å²) >= 11 is 0. The zero-order valence-corrected chi connectivity index (χ0v) is 9.15. The predicted octanol–water partition coefficient (Wildman–Crippen LogP) is 0.128. The van der Waals surface area contributed by atoms with Gasteiger partial charge in [-0.3, -0.25) is 4.79 Å². The number of carbonyl (C=O) groups excluding carboxylic acids is 2. The lowest BCUT2D eigenvalue weighted by Gasteiger charge is -2.33. The number of allylic oxidation sites excluding steroid dienone is 2. The van der Waals surface area contributed by atoms with E-state index < -0.39 is 23.8 Å². The van der Waals surface area contributed by atoms with Crippen molar-refractivity contribution in [2.24, 2.45) is 17.8 Å². The Morgan fingerprint density at radius 1 is 1.53 bits per heavy atom. The number of methoxy groups -OCH3 is 1. The van der Waals surface area contributed by atoms with Crippen LogP contribution in [0.15, 0.2) is 11.6 Å². The molecule has 0 amide bonds. The number of aliphatic carboxylic acids is 1. The second-order valence-corrected chi connectivity index (χ2v) is 4.05. The van der Waals surface area contributed by atoms with E-state index in [1.54, 1.807) is 6.92 Å². The fourth-order valence-electron chi connectivity index (χ4n) is 2.22. The van der Waals surface area contributed by atoms with Gasteiger partial charge in [-0.1, -0.05) is 18.6 Å². The van der Waals surface area contributed by atoms with Crippen LogP contribution in [0.1, 0.15) is 20.3 Å². The maximum absolute atomic E-state index is 11.4. The first-order chi connectivity index (χ1) is 6.97. The van der Waals surface area contributed by atoms with Crippen LogP contribution in [0.4, 0.5) is 0 Å². The first-order valence-electron chi connectivity index (χ1n) is 4.93. The minimum absolute atomic E-state index is 0.187. The molecule has 15 heavy (non-hydrogen) atoms. The van der Waals surface area contributed by atoms with E-state index in [0.717, 1.165) is 5.57 Å². The molecule has 4 heteroatoms. The number of carbonyl (C=O) groups is 2. The van der Waals surface area contributed by atoms with Gasteiger partial charge in [-0.05, 0) is 19.3 Å². The van der Waals surface area contributed by atoms with E-state index in [0.29, 0.717) is 6.42 Å². The Morgan fingerprint density at radius 2 is 2.13 bits per heavy atom. The Morgan fingerprint density at radius 3 is 2.60 bits per heavy atom. The van der Waals surface area contributed by atoms with E-state index in [2.05, 4.69) is 4.74 Å². The van der Waals surface area contributed by atoms with Gasteiger partial charge in [0.2, 0.25) is 0 Å². The molecule has 0 aromatic heterocycles. The number of hydrogen-bond acceptors (Lipinski definition) is 4. The molecule has 84 valence electrons. The third-order valence-electron chi connectivity index (χ3n) is 2.87. The summed E-state index contributed by atoms with van der Waals surface area (Å²) in [5.74, 6) is -3.22. The van der Waals surface area contributed by atoms with Crippen LogP contribution in [0.2, 0.25) is 0 Å². The summed E-state index contributed by atoms with van der Waals surface area (Å²) in [6, 6.07) is 0. The van der Waals surface area contributed by atoms with Crippen molar-refractivity contribution in [2.75, 3.05) is 7.11 Å². The Labute approximate surface area is 88.9 Å². The second-order valence-electron chi connectivity index (χ2n) is 4.05. The average Bonchev–Trinajstić information content (AvgIpc) is 2.14. The van der Waals surface area contributed by atoms with Gasteiger partial charge in [-0.15, -0.1) is 0 Å². The molecule has 0 aromatic carbocycles. The topological polar surface area (TPSA) is 66.4 Å². The lowest BCUT2D eigenvalue weighted by Crippen LogP contribution is -2.44. The maximum Gasteiger partial charge on any atom is 0.309 e. The Hall–Kier alpha value is -1.32. The molecular weight excluding hydrogens is 196 g/mol. The van der Waals surface area contributed by atoms with Crippen molar-refractivity contribution < 1.29 is 19.4 Å². The lowest BCUT2D eigenvalue weighted by atomic mass is 9.74. The summed E-state index contributed by atoms with van der Waals surface area (Å²) in [5.41, 5.74) is 1.02. The Kier molecular flexibility index (Phi) is 3.50. The van der Waals surface area contributed by atoms with Gasteiger partial charge < -0.3 is 14.6 Å². The van der Waals surface area contributed by atoms with Crippen molar-refractivity contribution in [3.63, 3.8) is 0 Å². The highest BCUT2D eigenvalue weighted by Crippen LogP contribution is 2.34. The zero-order valence-electron chi connectivity index (χ0n) is 9.15. The standard InChI is InChI=1S/C11H16O4/c1-6-4-7(2)9(10(12)13)8(5-6)11(14)15-3/h4,7-9H,5H2,1-3H3,(H,12,13)/p-1/t7-,8-,9-/m0/s1. The first-order valence-corrected chi connectivity index (χ1v) is 4.93. The van der Waals surface area contributed by atoms with Gasteiger partial charge >= 0.3 is 5.97 Å². The molecule has 1 rings (SSSR count). The third-order valence-corrected chi connectivity index (χ3v) is 2.87. The highest BCUT2D eigenvalue weighted by atomic mass is 16.5. The summed E-state index contributed by atoms with van der Waals surface area (Å²) in [5, 5.41) is 11.0. The SMILES string of the molecule is COC(=O)[C@H]1CC(C)=C[C@H](C)[C@@H]1C(=O)[O-]. The van der Waals surface area contributed by atoms with Crippen molar-refractivity contribution >= 4 is 11.9 Å². The van der Waals surface area contributed by atoms with E-state index in [9.17, 15) is 14.7 Å². The van der Waals surface area contributed by atoms with Gasteiger partial charge in [-0.2, -0.15) is 0 Å². The molecule has 1 aliphatic carbocycles. The Bertz CT molecular complexity index is 306. The van der Waals surface area contributed by atoms with Crippen LogP contribution in [0.25, 0.3) is 0 Å². The molecule has 0 N–H and O–H groups in total. The summed E-state index contributed by atoms with van der Waals surface area (Å²) in [4.78, 5) is 22.4. The molecule has 0 aromatic rings. The second kappa shape index (κ2) is 4.47. The van der Waals surface area contributed by atoms with E-state index in [4.69, 9.17) is 0 Å². The smallest absolute Gasteiger partial charge is 0.309 e. The predicted molar refractivity (Wildman–Crippen MR) is 51.5 cm³/mol. The van der Waals surface area contributed by atoms with Crippen LogP contribution >= 0.6 is 0 Å². The molecule has 3 atom stereocenters. The van der Waals surface area contributed by atoms with Crippen molar-refractivity contribution in [1.82, 2.24) is 0 Å². The average molecular weight is 211 g/mol. The fraction of sp³-hybridized carbons (Fsp3) is 0.636. The van der Waals surface area contributed by atoms with Crippen LogP contribution in [0.5, 0.6) is 0 Å². The molecule has 4 nitrogen and oxygen atoms in total. The molecule has 0 unspecified atom stereocenters. The number of rotatable bonds is 2. The number of hydrogen-bond donors (Lipinski definition) is 0. The van der Waals surface area contributed by atoms with E-state index >= 15 is 0 Å². The van der Waals surface area contributed by atoms with Crippen LogP contribution < -0.4 is 5.11 Å². The van der Waals surface area contributed by atoms with Gasteiger partial charge in [0.1, 0.15) is 0 Å². The van der Waals surface area contributed by atoms with Gasteiger partial charge in [0, 0.05) is 11.9 Å². The largest absolute Gasteiger partial charge is 0.550 e. The summed E-state index contributed by atoms with van der Waals surface area (Å²) in [6.45, 7) is 3.66. The first kappa shape index (κ1) is 11.8. The fourth-order valence-corrected chi connectivity index (χ4v) is 2.22. The molecule has 0 spiro atoms. The van der Waals surface area contributed by atoms with Crippen molar-refractivity contribution in [3.05, 3.63) is 11.6 Å². The van der Waals surface area contributed by atoms with E-state index in [-0.39, 0.29) is 5.92 Å². The monoisotopic (exact) mass is 211 g/mol. The van der Waals surface area contributed by atoms with E-state index in [1.165, 1.54) is 7.11 Å². The van der Waals surface area contributed by atoms with Crippen LogP contribution in [-0.2, 0) is 14.3 Å². The number of carboxylic acids is 1. The molecule has 0 radical (unpaired) electrons. The van der Waals surface area contributed by atoms with Gasteiger partial charge in [0.15, 0.2) is 0 Å². The van der Waals surface area contributed by atoms with Crippen LogP contribution in [0, 0.1) is 17.8 Å². The molecule has 0 heterocycles. The maximum atomic E-state index is 11.4. The van der Waals surface area contributed by atoms with Crippen LogP contribution in [-0.4, -0.2) is 19.0 Å². The highest BCUT2D eigenvalue weighted by molar-refractivity contribution is 5.81. The molecule has 0 bridgehead atoms. The van der Waals surface area contributed by atoms with E-state index in [1.807, 2.05) is 13.0 Å². The Balaban J connectivity index is 2.97. The van der Waals surface area contributed by atoms with Crippen molar-refractivity contribution in [3.8, 4) is 0 Å². The minimum atomic E-state index is -1.18. The van der Waals surface area contributed by atoms with Gasteiger partial charge in [0.05, 0.1) is 13.0 Å². The van der Waals surface area contributed by atoms with Crippen molar-refractivity contribution in [2.45, 2.75) is 20.3 Å². The molecule has 1 aliphatic rings. The zero-order chi connectivity index (χ0) is 11.6. The molecule has 0 saturated carbocycles. The number of carboxylic acid groups (broad SMARTS) is 1. The summed E-state index contributed by atoms with van der Waals surface area (Å²) in [6.07, 6.45) is 2.32. The van der Waals surface area contributed by atoms with Gasteiger partial charge in [0.25, 0.3) is 0 Å². The minimum Gasteiger partial charge on any atom is -0.550 e.